The zero-order valence-electron chi connectivity index (χ0n) is 11.6. The summed E-state index contributed by atoms with van der Waals surface area (Å²) in [5, 5.41) is 2.20. The van der Waals surface area contributed by atoms with Crippen LogP contribution in [0.3, 0.4) is 0 Å². The van der Waals surface area contributed by atoms with E-state index in [1.54, 1.807) is 0 Å². The van der Waals surface area contributed by atoms with E-state index in [0.29, 0.717) is 19.4 Å². The third-order valence-corrected chi connectivity index (χ3v) is 4.34. The van der Waals surface area contributed by atoms with Crippen LogP contribution in [0.4, 0.5) is 13.2 Å². The van der Waals surface area contributed by atoms with Crippen LogP contribution < -0.4 is 5.32 Å². The molecule has 1 atom stereocenters. The number of nitrogens with one attached hydrogen (secondary N) is 1. The Hall–Kier alpha value is -0.620. The molecular formula is C14H22F3NO2. The quantitative estimate of drug-likeness (QED) is 0.866. The van der Waals surface area contributed by atoms with Gasteiger partial charge >= 0.3 is 6.18 Å². The fraction of sp³-hybridized carbons (Fsp3) is 0.929. The molecule has 3 nitrogen and oxygen atoms in total. The van der Waals surface area contributed by atoms with Crippen molar-refractivity contribution in [3.05, 3.63) is 0 Å². The van der Waals surface area contributed by atoms with Crippen LogP contribution in [0.15, 0.2) is 0 Å². The van der Waals surface area contributed by atoms with Crippen LogP contribution in [0.25, 0.3) is 0 Å². The number of carbonyl (C=O) groups excluding carboxylic acids is 1. The summed E-state index contributed by atoms with van der Waals surface area (Å²) in [6.45, 7) is -0.747. The highest BCUT2D eigenvalue weighted by Crippen LogP contribution is 2.40. The maximum Gasteiger partial charge on any atom is 0.401 e. The molecule has 116 valence electrons. The van der Waals surface area contributed by atoms with Crippen molar-refractivity contribution >= 4 is 5.78 Å². The number of hydrogen-bond acceptors (Lipinski definition) is 3. The minimum atomic E-state index is -4.26. The maximum atomic E-state index is 12.0. The van der Waals surface area contributed by atoms with Gasteiger partial charge in [-0.2, -0.15) is 13.2 Å². The highest BCUT2D eigenvalue weighted by Gasteiger charge is 2.40. The first-order chi connectivity index (χ1) is 9.40. The van der Waals surface area contributed by atoms with Crippen molar-refractivity contribution in [2.45, 2.75) is 56.7 Å². The molecule has 0 aromatic heterocycles. The second kappa shape index (κ2) is 6.43. The van der Waals surface area contributed by atoms with Crippen LogP contribution in [0.1, 0.15) is 44.9 Å². The minimum Gasteiger partial charge on any atom is -0.375 e. The van der Waals surface area contributed by atoms with Gasteiger partial charge in [0.2, 0.25) is 0 Å². The number of halogens is 3. The lowest BCUT2D eigenvalue weighted by Gasteiger charge is -2.43. The van der Waals surface area contributed by atoms with Crippen LogP contribution in [0.5, 0.6) is 0 Å². The smallest absolute Gasteiger partial charge is 0.375 e. The fourth-order valence-corrected chi connectivity index (χ4v) is 3.32. The number of alkyl halides is 3. The molecule has 20 heavy (non-hydrogen) atoms. The summed E-state index contributed by atoms with van der Waals surface area (Å²) in [4.78, 5) is 12.0. The standard InChI is InChI=1S/C14H22F3NO2/c15-14(16,17)10-18-9-12(19)11-4-7-20-13(8-11)5-2-1-3-6-13/h11,18H,1-10H2. The molecule has 1 unspecified atom stereocenters. The van der Waals surface area contributed by atoms with Crippen molar-refractivity contribution in [2.24, 2.45) is 5.92 Å². The Balaban J connectivity index is 1.81. The molecule has 1 spiro atoms. The first kappa shape index (κ1) is 15.8. The molecule has 1 saturated carbocycles. The van der Waals surface area contributed by atoms with Gasteiger partial charge in [0.15, 0.2) is 0 Å². The molecule has 0 amide bonds. The molecule has 6 heteroatoms. The van der Waals surface area contributed by atoms with Gasteiger partial charge in [0, 0.05) is 12.5 Å². The van der Waals surface area contributed by atoms with Crippen LogP contribution in [0.2, 0.25) is 0 Å². The van der Waals surface area contributed by atoms with Crippen LogP contribution in [-0.4, -0.2) is 37.3 Å². The first-order valence-electron chi connectivity index (χ1n) is 7.34. The third kappa shape index (κ3) is 4.45. The molecule has 1 heterocycles. The van der Waals surface area contributed by atoms with E-state index in [2.05, 4.69) is 5.32 Å². The van der Waals surface area contributed by atoms with Gasteiger partial charge in [0.25, 0.3) is 0 Å². The lowest BCUT2D eigenvalue weighted by Crippen LogP contribution is -2.45. The van der Waals surface area contributed by atoms with Gasteiger partial charge in [-0.15, -0.1) is 0 Å². The highest BCUT2D eigenvalue weighted by molar-refractivity contribution is 5.83. The average Bonchev–Trinajstić information content (AvgIpc) is 2.38. The van der Waals surface area contributed by atoms with E-state index < -0.39 is 12.7 Å². The van der Waals surface area contributed by atoms with Crippen molar-refractivity contribution in [1.82, 2.24) is 5.32 Å². The largest absolute Gasteiger partial charge is 0.401 e. The molecule has 0 radical (unpaired) electrons. The summed E-state index contributed by atoms with van der Waals surface area (Å²) in [6, 6.07) is 0. The van der Waals surface area contributed by atoms with Gasteiger partial charge in [-0.1, -0.05) is 19.3 Å². The Morgan fingerprint density at radius 1 is 1.25 bits per heavy atom. The third-order valence-electron chi connectivity index (χ3n) is 4.34. The molecule has 2 aliphatic rings. The molecule has 0 aromatic rings. The second-order valence-electron chi connectivity index (χ2n) is 5.97. The summed E-state index contributed by atoms with van der Waals surface area (Å²) < 4.78 is 42.0. The molecule has 2 fully saturated rings. The van der Waals surface area contributed by atoms with Crippen molar-refractivity contribution in [2.75, 3.05) is 19.7 Å². The molecular weight excluding hydrogens is 271 g/mol. The Morgan fingerprint density at radius 3 is 2.60 bits per heavy atom. The molecule has 1 aliphatic carbocycles. The maximum absolute atomic E-state index is 12.0. The molecule has 1 N–H and O–H groups in total. The summed E-state index contributed by atoms with van der Waals surface area (Å²) >= 11 is 0. The van der Waals surface area contributed by atoms with Gasteiger partial charge < -0.3 is 10.1 Å². The molecule has 0 bridgehead atoms. The summed E-state index contributed by atoms with van der Waals surface area (Å²) in [5.41, 5.74) is -0.180. The van der Waals surface area contributed by atoms with E-state index in [1.165, 1.54) is 6.42 Å². The van der Waals surface area contributed by atoms with Gasteiger partial charge in [-0.25, -0.2) is 0 Å². The number of ether oxygens (including phenoxy) is 1. The van der Waals surface area contributed by atoms with Crippen LogP contribution in [-0.2, 0) is 9.53 Å². The summed E-state index contributed by atoms with van der Waals surface area (Å²) in [6.07, 6.45) is 2.45. The predicted molar refractivity (Wildman–Crippen MR) is 68.4 cm³/mol. The van der Waals surface area contributed by atoms with Gasteiger partial charge in [0.05, 0.1) is 18.7 Å². The van der Waals surface area contributed by atoms with Gasteiger partial charge in [0.1, 0.15) is 5.78 Å². The Bertz CT molecular complexity index is 332. The second-order valence-corrected chi connectivity index (χ2v) is 5.97. The lowest BCUT2D eigenvalue weighted by atomic mass is 9.75. The molecule has 1 aliphatic heterocycles. The first-order valence-corrected chi connectivity index (χ1v) is 7.34. The normalized spacial score (nSPS) is 26.6. The van der Waals surface area contributed by atoms with Gasteiger partial charge in [-0.3, -0.25) is 4.79 Å². The van der Waals surface area contributed by atoms with E-state index in [1.807, 2.05) is 0 Å². The molecule has 2 rings (SSSR count). The van der Waals surface area contributed by atoms with Crippen LogP contribution >= 0.6 is 0 Å². The lowest BCUT2D eigenvalue weighted by molar-refractivity contribution is -0.143. The Morgan fingerprint density at radius 2 is 1.95 bits per heavy atom. The van der Waals surface area contributed by atoms with E-state index in [4.69, 9.17) is 4.74 Å². The Kier molecular flexibility index (Phi) is 5.07. The molecule has 1 saturated heterocycles. The minimum absolute atomic E-state index is 0.109. The number of carbonyl (C=O) groups is 1. The number of rotatable bonds is 4. The number of ketones is 1. The zero-order valence-corrected chi connectivity index (χ0v) is 11.6. The van der Waals surface area contributed by atoms with E-state index in [9.17, 15) is 18.0 Å². The monoisotopic (exact) mass is 293 g/mol. The fourth-order valence-electron chi connectivity index (χ4n) is 3.32. The van der Waals surface area contributed by atoms with Crippen molar-refractivity contribution in [3.63, 3.8) is 0 Å². The molecule has 0 aromatic carbocycles. The zero-order chi connectivity index (χ0) is 14.6. The SMILES string of the molecule is O=C(CNCC(F)(F)F)C1CCOC2(CCCCC2)C1. The van der Waals surface area contributed by atoms with Crippen molar-refractivity contribution in [3.8, 4) is 0 Å². The number of hydrogen-bond donors (Lipinski definition) is 1. The van der Waals surface area contributed by atoms with E-state index >= 15 is 0 Å². The van der Waals surface area contributed by atoms with Crippen LogP contribution in [0, 0.1) is 5.92 Å². The Labute approximate surface area is 117 Å². The summed E-state index contributed by atoms with van der Waals surface area (Å²) in [7, 11) is 0. The van der Waals surface area contributed by atoms with Crippen molar-refractivity contribution < 1.29 is 22.7 Å². The topological polar surface area (TPSA) is 38.3 Å². The summed E-state index contributed by atoms with van der Waals surface area (Å²) in [5.74, 6) is -0.259. The average molecular weight is 293 g/mol. The highest BCUT2D eigenvalue weighted by atomic mass is 19.4. The number of Topliss-reactive ketones (excluding diaryl/α,β-unsaturated/α-hetero) is 1. The van der Waals surface area contributed by atoms with E-state index in [0.717, 1.165) is 25.7 Å². The van der Waals surface area contributed by atoms with Gasteiger partial charge in [-0.05, 0) is 25.7 Å². The van der Waals surface area contributed by atoms with E-state index in [-0.39, 0.29) is 23.8 Å². The van der Waals surface area contributed by atoms with Crippen molar-refractivity contribution in [1.29, 1.82) is 0 Å². The predicted octanol–water partition coefficient (Wildman–Crippen LogP) is 2.84.